The predicted molar refractivity (Wildman–Crippen MR) is 406 cm³/mol. The molecule has 0 radical (unpaired) electrons. The molecule has 0 spiro atoms. The quantitative estimate of drug-likeness (QED) is 0.0204. The van der Waals surface area contributed by atoms with Gasteiger partial charge in [0.15, 0.2) is 12.6 Å². The largest absolute Gasteiger partial charge is 0.394 e. The van der Waals surface area contributed by atoms with Gasteiger partial charge in [0, 0.05) is 6.42 Å². The molecule has 0 aromatic rings. The van der Waals surface area contributed by atoms with Crippen molar-refractivity contribution in [2.45, 2.75) is 473 Å². The summed E-state index contributed by atoms with van der Waals surface area (Å²) in [6.07, 6.45) is 73.4. The monoisotopic (exact) mass is 1390 g/mol. The van der Waals surface area contributed by atoms with E-state index in [1.54, 1.807) is 0 Å². The fourth-order valence-electron chi connectivity index (χ4n) is 14.2. The molecule has 14 nitrogen and oxygen atoms in total. The normalized spacial score (nSPS) is 22.1. The summed E-state index contributed by atoms with van der Waals surface area (Å²) in [7, 11) is 0. The first kappa shape index (κ1) is 92.3. The van der Waals surface area contributed by atoms with Crippen LogP contribution in [0.3, 0.4) is 0 Å². The smallest absolute Gasteiger partial charge is 0.220 e. The van der Waals surface area contributed by atoms with Gasteiger partial charge in [0.05, 0.1) is 32.0 Å². The Kier molecular flexibility index (Phi) is 64.3. The molecule has 578 valence electrons. The molecule has 0 aromatic carbocycles. The number of nitrogens with one attached hydrogen (secondary N) is 1. The van der Waals surface area contributed by atoms with E-state index in [9.17, 15) is 45.6 Å². The van der Waals surface area contributed by atoms with Crippen molar-refractivity contribution in [1.29, 1.82) is 0 Å². The van der Waals surface area contributed by atoms with Crippen LogP contribution in [0.25, 0.3) is 0 Å². The molecule has 2 aliphatic heterocycles. The van der Waals surface area contributed by atoms with E-state index in [0.29, 0.717) is 12.8 Å². The lowest BCUT2D eigenvalue weighted by Crippen LogP contribution is -2.65. The Labute approximate surface area is 601 Å². The van der Waals surface area contributed by atoms with Crippen molar-refractivity contribution in [3.63, 3.8) is 0 Å². The molecular formula is C84H159NO13. The second kappa shape index (κ2) is 68.3. The number of unbranched alkanes of at least 4 members (excludes halogenated alkanes) is 53. The highest BCUT2D eigenvalue weighted by Crippen LogP contribution is 2.31. The van der Waals surface area contributed by atoms with Crippen LogP contribution in [-0.4, -0.2) is 140 Å². The van der Waals surface area contributed by atoms with Crippen LogP contribution in [0.4, 0.5) is 0 Å². The third-order valence-corrected chi connectivity index (χ3v) is 20.9. The number of carbonyl (C=O) groups is 1. The Morgan fingerprint density at radius 1 is 0.367 bits per heavy atom. The van der Waals surface area contributed by atoms with E-state index < -0.39 is 86.8 Å². The van der Waals surface area contributed by atoms with Gasteiger partial charge in [0.2, 0.25) is 5.91 Å². The molecule has 9 N–H and O–H groups in total. The van der Waals surface area contributed by atoms with E-state index in [-0.39, 0.29) is 12.5 Å². The van der Waals surface area contributed by atoms with Crippen molar-refractivity contribution in [2.24, 2.45) is 0 Å². The zero-order valence-electron chi connectivity index (χ0n) is 63.6. The minimum absolute atomic E-state index is 0.197. The van der Waals surface area contributed by atoms with Gasteiger partial charge in [-0.25, -0.2) is 0 Å². The molecule has 2 heterocycles. The van der Waals surface area contributed by atoms with E-state index in [2.05, 4.69) is 55.6 Å². The SMILES string of the molecule is CCCCCCC/C=C\C/C=C\C/C=C\CCCCCCCCCCCCCCCCCCCCCCCCC(=O)NC(COC1OC(CO)C(OC2OC(CO)C(O)C(O)C2O)C(O)C1O)C(O)CCCCCCCCCCCCCCCCCCCCCCCCCCCCC. The maximum absolute atomic E-state index is 13.4. The van der Waals surface area contributed by atoms with Crippen LogP contribution in [0, 0.1) is 0 Å². The molecule has 2 fully saturated rings. The summed E-state index contributed by atoms with van der Waals surface area (Å²) in [5.41, 5.74) is 0. The first-order valence-electron chi connectivity index (χ1n) is 42.2. The van der Waals surface area contributed by atoms with Gasteiger partial charge < -0.3 is 65.1 Å². The van der Waals surface area contributed by atoms with Crippen molar-refractivity contribution in [3.8, 4) is 0 Å². The number of aliphatic hydroxyl groups excluding tert-OH is 8. The van der Waals surface area contributed by atoms with Gasteiger partial charge in [-0.15, -0.1) is 0 Å². The van der Waals surface area contributed by atoms with Gasteiger partial charge in [0.1, 0.15) is 48.8 Å². The molecule has 12 atom stereocenters. The van der Waals surface area contributed by atoms with Gasteiger partial charge >= 0.3 is 0 Å². The molecule has 0 aliphatic carbocycles. The van der Waals surface area contributed by atoms with Gasteiger partial charge in [-0.1, -0.05) is 378 Å². The average Bonchev–Trinajstić information content (AvgIpc) is 0.793. The Bertz CT molecular complexity index is 1780. The number of hydrogen-bond donors (Lipinski definition) is 9. The topological polar surface area (TPSA) is 228 Å². The number of rotatable bonds is 72. The maximum atomic E-state index is 13.4. The summed E-state index contributed by atoms with van der Waals surface area (Å²) in [4.78, 5) is 13.4. The molecular weight excluding hydrogens is 1230 g/mol. The van der Waals surface area contributed by atoms with Crippen molar-refractivity contribution >= 4 is 5.91 Å². The Hall–Kier alpha value is -1.79. The third-order valence-electron chi connectivity index (χ3n) is 20.9. The molecule has 2 saturated heterocycles. The highest BCUT2D eigenvalue weighted by molar-refractivity contribution is 5.76. The Morgan fingerprint density at radius 3 is 1.03 bits per heavy atom. The van der Waals surface area contributed by atoms with Crippen molar-refractivity contribution in [1.82, 2.24) is 5.32 Å². The lowest BCUT2D eigenvalue weighted by molar-refractivity contribution is -0.359. The highest BCUT2D eigenvalue weighted by atomic mass is 16.7. The summed E-state index contributed by atoms with van der Waals surface area (Å²) in [5.74, 6) is -0.197. The minimum Gasteiger partial charge on any atom is -0.394 e. The van der Waals surface area contributed by atoms with Gasteiger partial charge in [-0.2, -0.15) is 0 Å². The summed E-state index contributed by atoms with van der Waals surface area (Å²) < 4.78 is 23.0. The van der Waals surface area contributed by atoms with Crippen LogP contribution in [-0.2, 0) is 23.7 Å². The Morgan fingerprint density at radius 2 is 0.673 bits per heavy atom. The molecule has 0 aromatic heterocycles. The zero-order chi connectivity index (χ0) is 70.8. The van der Waals surface area contributed by atoms with Crippen molar-refractivity contribution < 1.29 is 64.6 Å². The first-order valence-corrected chi connectivity index (χ1v) is 42.2. The summed E-state index contributed by atoms with van der Waals surface area (Å²) in [6.45, 7) is 2.92. The average molecular weight is 1390 g/mol. The lowest BCUT2D eigenvalue weighted by atomic mass is 9.97. The van der Waals surface area contributed by atoms with Crippen LogP contribution in [0.2, 0.25) is 0 Å². The number of allylic oxidation sites excluding steroid dienone is 6. The second-order valence-corrected chi connectivity index (χ2v) is 30.0. The van der Waals surface area contributed by atoms with Gasteiger partial charge in [-0.05, 0) is 51.4 Å². The highest BCUT2D eigenvalue weighted by Gasteiger charge is 2.51. The van der Waals surface area contributed by atoms with E-state index >= 15 is 0 Å². The summed E-state index contributed by atoms with van der Waals surface area (Å²) in [5, 5.41) is 87.9. The molecule has 1 amide bonds. The minimum atomic E-state index is -1.78. The molecule has 98 heavy (non-hydrogen) atoms. The molecule has 2 rings (SSSR count). The predicted octanol–water partition coefficient (Wildman–Crippen LogP) is 19.6. The van der Waals surface area contributed by atoms with E-state index in [1.807, 2.05) is 0 Å². The van der Waals surface area contributed by atoms with Gasteiger partial charge in [0.25, 0.3) is 0 Å². The first-order chi connectivity index (χ1) is 48.1. The molecule has 14 heteroatoms. The van der Waals surface area contributed by atoms with Gasteiger partial charge in [-0.3, -0.25) is 4.79 Å². The van der Waals surface area contributed by atoms with E-state index in [0.717, 1.165) is 64.2 Å². The number of aliphatic hydroxyl groups is 8. The van der Waals surface area contributed by atoms with Crippen LogP contribution in [0.15, 0.2) is 36.5 Å². The fraction of sp³-hybridized carbons (Fsp3) is 0.917. The second-order valence-electron chi connectivity index (χ2n) is 30.0. The molecule has 2 aliphatic rings. The van der Waals surface area contributed by atoms with Crippen LogP contribution >= 0.6 is 0 Å². The van der Waals surface area contributed by atoms with E-state index in [4.69, 9.17) is 18.9 Å². The Balaban J connectivity index is 1.57. The molecule has 12 unspecified atom stereocenters. The standard InChI is InChI=1S/C84H159NO13/c1-3-5-7-9-11-13-15-17-19-21-23-25-27-29-31-32-33-34-35-36-37-38-39-40-42-44-46-48-50-52-54-56-58-60-62-64-66-68-76(89)85-72(71-95-83-81(94)79(92)82(75(70-87)97-83)98-84-80(93)78(91)77(90)74(69-86)96-84)73(88)67-65-63-61-59-57-55-53-51-49-47-45-43-41-30-28-26-24-22-20-18-16-14-12-10-8-6-4-2/h15,17,21,23,27,29,72-75,77-84,86-88,90-94H,3-14,16,18-20,22,24-26,28,30-71H2,1-2H3,(H,85,89)/b17-15-,23-21-,29-27-. The van der Waals surface area contributed by atoms with Crippen LogP contribution in [0.5, 0.6) is 0 Å². The third kappa shape index (κ3) is 50.6. The molecule has 0 bridgehead atoms. The number of hydrogen-bond acceptors (Lipinski definition) is 13. The summed E-state index contributed by atoms with van der Waals surface area (Å²) in [6, 6.07) is -0.829. The number of amides is 1. The van der Waals surface area contributed by atoms with Crippen LogP contribution < -0.4 is 5.32 Å². The maximum Gasteiger partial charge on any atom is 0.220 e. The number of ether oxygens (including phenoxy) is 4. The summed E-state index contributed by atoms with van der Waals surface area (Å²) >= 11 is 0. The fourth-order valence-corrected chi connectivity index (χ4v) is 14.2. The van der Waals surface area contributed by atoms with E-state index in [1.165, 1.54) is 308 Å². The van der Waals surface area contributed by atoms with Crippen LogP contribution in [0.1, 0.15) is 399 Å². The van der Waals surface area contributed by atoms with Crippen molar-refractivity contribution in [3.05, 3.63) is 36.5 Å². The lowest BCUT2D eigenvalue weighted by Gasteiger charge is -2.46. The molecule has 0 saturated carbocycles. The zero-order valence-corrected chi connectivity index (χ0v) is 63.6. The van der Waals surface area contributed by atoms with Crippen molar-refractivity contribution in [2.75, 3.05) is 19.8 Å². The number of carbonyl (C=O) groups excluding carboxylic acids is 1.